The van der Waals surface area contributed by atoms with Gasteiger partial charge in [0.25, 0.3) is 0 Å². The third kappa shape index (κ3) is 5.57. The van der Waals surface area contributed by atoms with Gasteiger partial charge in [-0.3, -0.25) is 0 Å². The lowest BCUT2D eigenvalue weighted by Crippen LogP contribution is -2.46. The molecule has 0 amide bonds. The fraction of sp³-hybridized carbons (Fsp3) is 1.00. The molecule has 1 fully saturated rings. The van der Waals surface area contributed by atoms with Gasteiger partial charge in [0.15, 0.2) is 0 Å². The van der Waals surface area contributed by atoms with Gasteiger partial charge >= 0.3 is 6.18 Å². The van der Waals surface area contributed by atoms with E-state index in [0.29, 0.717) is 5.92 Å². The SMILES string of the molecule is CCCC1CCC(NCC)C(OCC(F)(F)F)C1. The fourth-order valence-electron chi connectivity index (χ4n) is 2.76. The number of hydrogen-bond acceptors (Lipinski definition) is 2. The molecule has 0 aromatic rings. The highest BCUT2D eigenvalue weighted by molar-refractivity contribution is 4.85. The van der Waals surface area contributed by atoms with Crippen LogP contribution in [0.5, 0.6) is 0 Å². The number of alkyl halides is 3. The lowest BCUT2D eigenvalue weighted by Gasteiger charge is -2.36. The summed E-state index contributed by atoms with van der Waals surface area (Å²) in [5.41, 5.74) is 0. The lowest BCUT2D eigenvalue weighted by molar-refractivity contribution is -0.192. The molecule has 3 atom stereocenters. The van der Waals surface area contributed by atoms with Gasteiger partial charge in [-0.25, -0.2) is 0 Å². The van der Waals surface area contributed by atoms with E-state index in [1.54, 1.807) is 0 Å². The van der Waals surface area contributed by atoms with Crippen LogP contribution in [0.25, 0.3) is 0 Å². The summed E-state index contributed by atoms with van der Waals surface area (Å²) in [7, 11) is 0. The average Bonchev–Trinajstić information content (AvgIpc) is 2.29. The van der Waals surface area contributed by atoms with Crippen molar-refractivity contribution in [3.63, 3.8) is 0 Å². The van der Waals surface area contributed by atoms with Gasteiger partial charge < -0.3 is 10.1 Å². The van der Waals surface area contributed by atoms with Crippen molar-refractivity contribution in [1.82, 2.24) is 5.32 Å². The summed E-state index contributed by atoms with van der Waals surface area (Å²) in [5.74, 6) is 0.517. The number of halogens is 3. The zero-order valence-electron chi connectivity index (χ0n) is 11.2. The van der Waals surface area contributed by atoms with Crippen LogP contribution in [-0.4, -0.2) is 31.5 Å². The van der Waals surface area contributed by atoms with E-state index in [4.69, 9.17) is 4.74 Å². The van der Waals surface area contributed by atoms with Crippen molar-refractivity contribution in [3.8, 4) is 0 Å². The fourth-order valence-corrected chi connectivity index (χ4v) is 2.76. The minimum atomic E-state index is -4.23. The second-order valence-electron chi connectivity index (χ2n) is 5.10. The second kappa shape index (κ2) is 7.34. The zero-order chi connectivity index (χ0) is 13.6. The highest BCUT2D eigenvalue weighted by Crippen LogP contribution is 2.31. The molecule has 0 bridgehead atoms. The van der Waals surface area contributed by atoms with Crippen LogP contribution in [0.15, 0.2) is 0 Å². The first kappa shape index (κ1) is 15.8. The van der Waals surface area contributed by atoms with Gasteiger partial charge in [-0.2, -0.15) is 13.2 Å². The highest BCUT2D eigenvalue weighted by atomic mass is 19.4. The predicted octanol–water partition coefficient (Wildman–Crippen LogP) is 3.51. The van der Waals surface area contributed by atoms with E-state index >= 15 is 0 Å². The van der Waals surface area contributed by atoms with E-state index < -0.39 is 12.8 Å². The van der Waals surface area contributed by atoms with E-state index in [1.807, 2.05) is 6.92 Å². The van der Waals surface area contributed by atoms with Gasteiger partial charge in [0, 0.05) is 6.04 Å². The van der Waals surface area contributed by atoms with E-state index in [2.05, 4.69) is 12.2 Å². The number of nitrogens with one attached hydrogen (secondary N) is 1. The van der Waals surface area contributed by atoms with Gasteiger partial charge in [0.1, 0.15) is 6.61 Å². The van der Waals surface area contributed by atoms with Crippen LogP contribution in [0.1, 0.15) is 46.0 Å². The number of hydrogen-bond donors (Lipinski definition) is 1. The first-order valence-electron chi connectivity index (χ1n) is 6.88. The summed E-state index contributed by atoms with van der Waals surface area (Å²) < 4.78 is 41.8. The molecule has 1 rings (SSSR count). The molecule has 0 aromatic carbocycles. The summed E-state index contributed by atoms with van der Waals surface area (Å²) in [6, 6.07) is 0.0745. The maximum absolute atomic E-state index is 12.2. The van der Waals surface area contributed by atoms with Crippen molar-refractivity contribution < 1.29 is 17.9 Å². The van der Waals surface area contributed by atoms with Crippen LogP contribution in [0.2, 0.25) is 0 Å². The molecule has 0 heterocycles. The molecule has 0 saturated heterocycles. The van der Waals surface area contributed by atoms with Gasteiger partial charge in [0.2, 0.25) is 0 Å². The van der Waals surface area contributed by atoms with E-state index in [1.165, 1.54) is 0 Å². The Morgan fingerprint density at radius 1 is 1.22 bits per heavy atom. The summed E-state index contributed by atoms with van der Waals surface area (Å²) in [4.78, 5) is 0. The number of likely N-dealkylation sites (N-methyl/N-ethyl adjacent to an activating group) is 1. The Hall–Kier alpha value is -0.290. The molecule has 1 aliphatic carbocycles. The minimum absolute atomic E-state index is 0.0745. The van der Waals surface area contributed by atoms with Gasteiger partial charge in [-0.15, -0.1) is 0 Å². The highest BCUT2D eigenvalue weighted by Gasteiger charge is 2.34. The van der Waals surface area contributed by atoms with Crippen LogP contribution in [0, 0.1) is 5.92 Å². The Labute approximate surface area is 107 Å². The Morgan fingerprint density at radius 2 is 1.94 bits per heavy atom. The smallest absolute Gasteiger partial charge is 0.367 e. The Morgan fingerprint density at radius 3 is 2.50 bits per heavy atom. The second-order valence-corrected chi connectivity index (χ2v) is 5.10. The molecule has 0 radical (unpaired) electrons. The van der Waals surface area contributed by atoms with E-state index in [9.17, 15) is 13.2 Å². The molecule has 3 unspecified atom stereocenters. The van der Waals surface area contributed by atoms with Crippen LogP contribution >= 0.6 is 0 Å². The third-order valence-electron chi connectivity index (χ3n) is 3.52. The normalized spacial score (nSPS) is 29.5. The predicted molar refractivity (Wildman–Crippen MR) is 65.5 cm³/mol. The molecule has 1 aliphatic rings. The van der Waals surface area contributed by atoms with E-state index in [-0.39, 0.29) is 12.1 Å². The molecule has 0 aliphatic heterocycles. The summed E-state index contributed by atoms with van der Waals surface area (Å²) >= 11 is 0. The molecule has 2 nitrogen and oxygen atoms in total. The van der Waals surface area contributed by atoms with Crippen molar-refractivity contribution in [1.29, 1.82) is 0 Å². The zero-order valence-corrected chi connectivity index (χ0v) is 11.2. The molecular weight excluding hydrogens is 243 g/mol. The Balaban J connectivity index is 2.49. The number of rotatable bonds is 6. The summed E-state index contributed by atoms with van der Waals surface area (Å²) in [5, 5.41) is 3.24. The van der Waals surface area contributed by atoms with Crippen LogP contribution < -0.4 is 5.32 Å². The molecule has 1 N–H and O–H groups in total. The third-order valence-corrected chi connectivity index (χ3v) is 3.52. The molecular formula is C13H24F3NO. The standard InChI is InChI=1S/C13H24F3NO/c1-3-5-10-6-7-11(17-4-2)12(8-10)18-9-13(14,15)16/h10-12,17H,3-9H2,1-2H3. The Kier molecular flexibility index (Phi) is 6.43. The molecule has 0 spiro atoms. The summed E-state index contributed by atoms with van der Waals surface area (Å²) in [6.07, 6.45) is 0.415. The van der Waals surface area contributed by atoms with E-state index in [0.717, 1.165) is 38.6 Å². The van der Waals surface area contributed by atoms with Crippen molar-refractivity contribution in [3.05, 3.63) is 0 Å². The molecule has 1 saturated carbocycles. The van der Waals surface area contributed by atoms with Crippen molar-refractivity contribution in [2.24, 2.45) is 5.92 Å². The average molecular weight is 267 g/mol. The molecule has 18 heavy (non-hydrogen) atoms. The van der Waals surface area contributed by atoms with Crippen molar-refractivity contribution in [2.75, 3.05) is 13.2 Å². The van der Waals surface area contributed by atoms with Crippen LogP contribution in [0.4, 0.5) is 13.2 Å². The maximum atomic E-state index is 12.2. The number of ether oxygens (including phenoxy) is 1. The monoisotopic (exact) mass is 267 g/mol. The first-order chi connectivity index (χ1) is 8.46. The first-order valence-corrected chi connectivity index (χ1v) is 6.88. The van der Waals surface area contributed by atoms with Gasteiger partial charge in [0.05, 0.1) is 6.10 Å². The molecule has 0 aromatic heterocycles. The quantitative estimate of drug-likeness (QED) is 0.795. The Bertz CT molecular complexity index is 233. The largest absolute Gasteiger partial charge is 0.411 e. The van der Waals surface area contributed by atoms with Crippen LogP contribution in [0.3, 0.4) is 0 Å². The maximum Gasteiger partial charge on any atom is 0.411 e. The minimum Gasteiger partial charge on any atom is -0.367 e. The molecule has 5 heteroatoms. The summed E-state index contributed by atoms with van der Waals surface area (Å²) in [6.45, 7) is 3.73. The molecule has 108 valence electrons. The topological polar surface area (TPSA) is 21.3 Å². The van der Waals surface area contributed by atoms with Crippen molar-refractivity contribution >= 4 is 0 Å². The van der Waals surface area contributed by atoms with Gasteiger partial charge in [-0.1, -0.05) is 26.7 Å². The van der Waals surface area contributed by atoms with Gasteiger partial charge in [-0.05, 0) is 31.7 Å². The van der Waals surface area contributed by atoms with Crippen LogP contribution in [-0.2, 0) is 4.74 Å². The van der Waals surface area contributed by atoms with Crippen molar-refractivity contribution in [2.45, 2.75) is 64.3 Å². The lowest BCUT2D eigenvalue weighted by atomic mass is 9.81.